The van der Waals surface area contributed by atoms with Crippen LogP contribution in [-0.2, 0) is 23.4 Å². The minimum Gasteiger partial charge on any atom is -0.345 e. The molecule has 1 unspecified atom stereocenters. The van der Waals surface area contributed by atoms with Gasteiger partial charge in [0.2, 0.25) is 0 Å². The molecule has 0 spiro atoms. The second-order valence-electron chi connectivity index (χ2n) is 8.15. The van der Waals surface area contributed by atoms with Crippen molar-refractivity contribution in [1.29, 1.82) is 5.26 Å². The van der Waals surface area contributed by atoms with E-state index >= 15 is 0 Å². The molecule has 1 aromatic carbocycles. The van der Waals surface area contributed by atoms with E-state index in [1.807, 2.05) is 6.92 Å². The number of nitrogens with zero attached hydrogens (tertiary/aromatic N) is 3. The van der Waals surface area contributed by atoms with Crippen molar-refractivity contribution >= 4 is 21.5 Å². The van der Waals surface area contributed by atoms with Crippen LogP contribution in [0.25, 0.3) is 0 Å². The van der Waals surface area contributed by atoms with E-state index in [4.69, 9.17) is 5.26 Å². The molecule has 2 atom stereocenters. The zero-order chi connectivity index (χ0) is 22.8. The number of carbonyl (C=O) groups excluding carboxylic acids is 1. The first-order valence-corrected chi connectivity index (χ1v) is 11.9. The lowest BCUT2D eigenvalue weighted by atomic mass is 9.98. The molecule has 0 fully saturated rings. The summed E-state index contributed by atoms with van der Waals surface area (Å²) >= 11 is 0. The first kappa shape index (κ1) is 23.0. The largest absolute Gasteiger partial charge is 0.345 e. The maximum Gasteiger partial charge on any atom is 0.272 e. The molecule has 1 aliphatic heterocycles. The predicted octanol–water partition coefficient (Wildman–Crippen LogP) is 4.00. The highest BCUT2D eigenvalue weighted by Crippen LogP contribution is 2.30. The van der Waals surface area contributed by atoms with Gasteiger partial charge in [-0.2, -0.15) is 5.26 Å². The van der Waals surface area contributed by atoms with Gasteiger partial charge in [0.15, 0.2) is 0 Å². The van der Waals surface area contributed by atoms with Crippen molar-refractivity contribution in [2.45, 2.75) is 51.0 Å². The average Bonchev–Trinajstić information content (AvgIpc) is 2.98. The Morgan fingerprint density at radius 1 is 1.48 bits per heavy atom. The summed E-state index contributed by atoms with van der Waals surface area (Å²) in [7, 11) is -1.15. The summed E-state index contributed by atoms with van der Waals surface area (Å²) in [5.74, 6) is -0.613. The van der Waals surface area contributed by atoms with Crippen LogP contribution in [-0.4, -0.2) is 27.3 Å². The Bertz CT molecular complexity index is 1160. The maximum absolute atomic E-state index is 13.8. The number of hydrogen-bond acceptors (Lipinski definition) is 4. The summed E-state index contributed by atoms with van der Waals surface area (Å²) in [5, 5.41) is 11.8. The van der Waals surface area contributed by atoms with Crippen LogP contribution < -0.4 is 10.0 Å². The van der Waals surface area contributed by atoms with E-state index in [-0.39, 0.29) is 11.6 Å². The van der Waals surface area contributed by atoms with Crippen LogP contribution in [0.2, 0.25) is 0 Å². The fraction of sp³-hybridized carbons (Fsp3) is 0.455. The van der Waals surface area contributed by atoms with Crippen LogP contribution in [0.5, 0.6) is 0 Å². The highest BCUT2D eigenvalue weighted by Gasteiger charge is 2.32. The van der Waals surface area contributed by atoms with Crippen LogP contribution in [0.3, 0.4) is 0 Å². The Balaban J connectivity index is 2.01. The van der Waals surface area contributed by atoms with Gasteiger partial charge in [-0.3, -0.25) is 4.79 Å². The van der Waals surface area contributed by atoms with Gasteiger partial charge < -0.3 is 9.88 Å². The van der Waals surface area contributed by atoms with E-state index in [9.17, 15) is 13.4 Å². The minimum atomic E-state index is -2.87. The van der Waals surface area contributed by atoms with Crippen molar-refractivity contribution < 1.29 is 13.4 Å². The molecule has 7 nitrogen and oxygen atoms in total. The minimum absolute atomic E-state index is 0.0340. The number of benzene rings is 1. The molecule has 0 aliphatic carbocycles. The number of aryl methyl sites for hydroxylation is 1. The molecule has 2 aromatic rings. The first-order chi connectivity index (χ1) is 14.7. The van der Waals surface area contributed by atoms with Gasteiger partial charge in [0, 0.05) is 37.1 Å². The summed E-state index contributed by atoms with van der Waals surface area (Å²) in [6.07, 6.45) is 3.90. The molecule has 2 heterocycles. The zero-order valence-corrected chi connectivity index (χ0v) is 19.1. The topological polar surface area (TPSA) is 99.3 Å². The van der Waals surface area contributed by atoms with Gasteiger partial charge in [-0.15, -0.1) is 0 Å². The van der Waals surface area contributed by atoms with Crippen molar-refractivity contribution in [3.05, 3.63) is 47.0 Å². The van der Waals surface area contributed by atoms with Crippen molar-refractivity contribution in [1.82, 2.24) is 9.29 Å². The quantitative estimate of drug-likeness (QED) is 0.728. The van der Waals surface area contributed by atoms with Crippen molar-refractivity contribution in [3.63, 3.8) is 0 Å². The number of halogens is 1. The van der Waals surface area contributed by atoms with Gasteiger partial charge in [0.25, 0.3) is 5.91 Å². The highest BCUT2D eigenvalue weighted by molar-refractivity contribution is 7.91. The number of rotatable bonds is 5. The normalized spacial score (nSPS) is 20.6. The molecule has 3 rings (SSSR count). The molecule has 9 heteroatoms. The first-order valence-electron chi connectivity index (χ1n) is 10.4. The predicted molar refractivity (Wildman–Crippen MR) is 119 cm³/mol. The summed E-state index contributed by atoms with van der Waals surface area (Å²) < 4.78 is 36.7. The fourth-order valence-electron chi connectivity index (χ4n) is 3.99. The monoisotopic (exact) mass is 445 g/mol. The number of aromatic nitrogens is 1. The van der Waals surface area contributed by atoms with Gasteiger partial charge in [-0.25, -0.2) is 17.7 Å². The third-order valence-corrected chi connectivity index (χ3v) is 7.46. The Labute approximate surface area is 183 Å². The maximum atomic E-state index is 13.8. The van der Waals surface area contributed by atoms with Crippen molar-refractivity contribution in [2.24, 2.45) is 17.3 Å². The SMILES string of the molecule is CCN=S1(=O)N[C@@H](CC(C)C)CCc2c1cn(C)c2C(=O)Nc1ccc(F)c(C#N)c1. The Kier molecular flexibility index (Phi) is 6.82. The molecular weight excluding hydrogens is 417 g/mol. The molecule has 1 aliphatic rings. The number of nitriles is 1. The molecule has 0 saturated heterocycles. The van der Waals surface area contributed by atoms with Gasteiger partial charge in [-0.1, -0.05) is 13.8 Å². The number of hydrogen-bond donors (Lipinski definition) is 2. The Morgan fingerprint density at radius 2 is 2.23 bits per heavy atom. The Morgan fingerprint density at radius 3 is 2.87 bits per heavy atom. The summed E-state index contributed by atoms with van der Waals surface area (Å²) in [5.41, 5.74) is 1.28. The van der Waals surface area contributed by atoms with Gasteiger partial charge in [0.05, 0.1) is 10.5 Å². The number of nitrogens with one attached hydrogen (secondary N) is 2. The lowest BCUT2D eigenvalue weighted by Gasteiger charge is -2.20. The smallest absolute Gasteiger partial charge is 0.272 e. The summed E-state index contributed by atoms with van der Waals surface area (Å²) in [6.45, 7) is 6.47. The number of fused-ring (bicyclic) bond motifs is 1. The number of amides is 1. The van der Waals surface area contributed by atoms with E-state index in [0.717, 1.165) is 18.9 Å². The third kappa shape index (κ3) is 4.81. The number of carbonyl (C=O) groups is 1. The summed E-state index contributed by atoms with van der Waals surface area (Å²) in [6, 6.07) is 5.65. The van der Waals surface area contributed by atoms with Crippen LogP contribution in [0.15, 0.2) is 33.7 Å². The van der Waals surface area contributed by atoms with Crippen LogP contribution >= 0.6 is 0 Å². The molecular formula is C22H28FN5O2S. The molecule has 166 valence electrons. The van der Waals surface area contributed by atoms with Crippen LogP contribution in [0.1, 0.15) is 55.2 Å². The van der Waals surface area contributed by atoms with Crippen LogP contribution in [0, 0.1) is 23.1 Å². The second-order valence-corrected chi connectivity index (χ2v) is 10.1. The number of anilines is 1. The van der Waals surface area contributed by atoms with E-state index in [2.05, 4.69) is 28.2 Å². The molecule has 0 bridgehead atoms. The fourth-order valence-corrected chi connectivity index (χ4v) is 6.20. The molecule has 1 aromatic heterocycles. The van der Waals surface area contributed by atoms with E-state index in [0.29, 0.717) is 40.7 Å². The lowest BCUT2D eigenvalue weighted by Crippen LogP contribution is -2.34. The van der Waals surface area contributed by atoms with E-state index in [1.165, 1.54) is 12.1 Å². The van der Waals surface area contributed by atoms with E-state index < -0.39 is 21.6 Å². The second kappa shape index (κ2) is 9.20. The van der Waals surface area contributed by atoms with Gasteiger partial charge in [-0.05, 0) is 50.3 Å². The Hall–Kier alpha value is -2.70. The van der Waals surface area contributed by atoms with E-state index in [1.54, 1.807) is 23.9 Å². The standard InChI is InChI=1S/C22H28FN5O2S/c1-5-25-31(30)20-13-28(4)21(18(20)8-6-17(27-31)10-14(2)3)22(29)26-16-7-9-19(23)15(11-16)12-24/h7,9,11,13-14,17H,5-6,8,10H2,1-4H3,(H,26,29)(H,25,27,30)/t17-,31?/m1/s1. The molecule has 2 N–H and O–H groups in total. The van der Waals surface area contributed by atoms with Crippen LogP contribution in [0.4, 0.5) is 10.1 Å². The molecule has 0 radical (unpaired) electrons. The summed E-state index contributed by atoms with van der Waals surface area (Å²) in [4.78, 5) is 13.7. The van der Waals surface area contributed by atoms with Gasteiger partial charge in [0.1, 0.15) is 27.5 Å². The lowest BCUT2D eigenvalue weighted by molar-refractivity contribution is 0.101. The van der Waals surface area contributed by atoms with Gasteiger partial charge >= 0.3 is 0 Å². The zero-order valence-electron chi connectivity index (χ0n) is 18.2. The molecule has 1 amide bonds. The highest BCUT2D eigenvalue weighted by atomic mass is 32.2. The average molecular weight is 446 g/mol. The van der Waals surface area contributed by atoms with Crippen molar-refractivity contribution in [3.8, 4) is 6.07 Å². The van der Waals surface area contributed by atoms with Crippen molar-refractivity contribution in [2.75, 3.05) is 11.9 Å². The molecule has 0 saturated carbocycles. The third-order valence-electron chi connectivity index (χ3n) is 5.24. The molecule has 31 heavy (non-hydrogen) atoms.